The fraction of sp³-hybridized carbons (Fsp3) is 0.0714. The summed E-state index contributed by atoms with van der Waals surface area (Å²) < 4.78 is 10.8. The molecule has 0 unspecified atom stereocenters. The Morgan fingerprint density at radius 1 is 0.895 bits per heavy atom. The van der Waals surface area contributed by atoms with Crippen LogP contribution in [0.2, 0.25) is 10.0 Å². The zero-order valence-electron chi connectivity index (χ0n) is 9.72. The maximum atomic E-state index is 9.02. The minimum Gasteiger partial charge on any atom is -0.443 e. The average Bonchev–Trinajstić information content (AvgIpc) is 2.38. The molecule has 0 saturated heterocycles. The first kappa shape index (κ1) is 13.5. The van der Waals surface area contributed by atoms with Gasteiger partial charge >= 0.3 is 6.29 Å². The highest BCUT2D eigenvalue weighted by molar-refractivity contribution is 6.31. The first-order valence-corrected chi connectivity index (χ1v) is 6.17. The van der Waals surface area contributed by atoms with Crippen LogP contribution < -0.4 is 9.47 Å². The maximum absolute atomic E-state index is 9.02. The predicted octanol–water partition coefficient (Wildman–Crippen LogP) is 4.30. The van der Waals surface area contributed by atoms with Crippen LogP contribution in [0.5, 0.6) is 11.5 Å². The number of nitrogens with zero attached hydrogens (tertiary/aromatic N) is 1. The third-order valence-corrected chi connectivity index (χ3v) is 2.65. The van der Waals surface area contributed by atoms with Crippen LogP contribution in [-0.4, -0.2) is 6.29 Å². The Kier molecular flexibility index (Phi) is 4.51. The molecule has 2 aromatic rings. The Morgan fingerprint density at radius 3 is 1.74 bits per heavy atom. The zero-order chi connectivity index (χ0) is 13.7. The van der Waals surface area contributed by atoms with E-state index in [1.807, 2.05) is 6.07 Å². The lowest BCUT2D eigenvalue weighted by Crippen LogP contribution is -2.21. The summed E-state index contributed by atoms with van der Waals surface area (Å²) in [5, 5.41) is 10.1. The number of hydrogen-bond acceptors (Lipinski definition) is 3. The van der Waals surface area contributed by atoms with Gasteiger partial charge in [-0.15, -0.1) is 0 Å². The van der Waals surface area contributed by atoms with Gasteiger partial charge in [0.1, 0.15) is 11.5 Å². The molecule has 0 aromatic heterocycles. The molecule has 0 aliphatic carbocycles. The molecule has 0 atom stereocenters. The van der Waals surface area contributed by atoms with Gasteiger partial charge in [-0.1, -0.05) is 35.3 Å². The third kappa shape index (κ3) is 4.06. The molecule has 0 N–H and O–H groups in total. The Bertz CT molecular complexity index is 563. The molecule has 5 heteroatoms. The van der Waals surface area contributed by atoms with Crippen molar-refractivity contribution in [1.82, 2.24) is 0 Å². The van der Waals surface area contributed by atoms with Crippen molar-refractivity contribution in [2.45, 2.75) is 6.29 Å². The first-order chi connectivity index (χ1) is 9.17. The van der Waals surface area contributed by atoms with Gasteiger partial charge in [0, 0.05) is 10.0 Å². The summed E-state index contributed by atoms with van der Waals surface area (Å²) in [6, 6.07) is 15.4. The van der Waals surface area contributed by atoms with Crippen LogP contribution in [0.25, 0.3) is 0 Å². The third-order valence-electron chi connectivity index (χ3n) is 2.18. The van der Waals surface area contributed by atoms with Gasteiger partial charge in [-0.25, -0.2) is 0 Å². The van der Waals surface area contributed by atoms with E-state index in [9.17, 15) is 0 Å². The van der Waals surface area contributed by atoms with Gasteiger partial charge in [-0.05, 0) is 36.4 Å². The molecular weight excluding hydrogens is 285 g/mol. The van der Waals surface area contributed by atoms with Crippen molar-refractivity contribution in [1.29, 1.82) is 5.26 Å². The molecule has 2 aromatic carbocycles. The average molecular weight is 294 g/mol. The monoisotopic (exact) mass is 293 g/mol. The van der Waals surface area contributed by atoms with Crippen LogP contribution in [0.1, 0.15) is 0 Å². The molecule has 2 rings (SSSR count). The minimum absolute atomic E-state index is 0.459. The molecule has 0 amide bonds. The Labute approximate surface area is 120 Å². The summed E-state index contributed by atoms with van der Waals surface area (Å²) in [4.78, 5) is 0. The first-order valence-electron chi connectivity index (χ1n) is 5.41. The topological polar surface area (TPSA) is 42.2 Å². The van der Waals surface area contributed by atoms with Gasteiger partial charge in [-0.3, -0.25) is 0 Å². The van der Waals surface area contributed by atoms with E-state index in [1.54, 1.807) is 48.5 Å². The highest BCUT2D eigenvalue weighted by Gasteiger charge is 2.11. The standard InChI is InChI=1S/C14H9Cl2NO2/c15-10-3-1-5-12(7-10)18-14(9-17)19-13-6-2-4-11(16)8-13/h1-8,14H. The number of halogens is 2. The van der Waals surface area contributed by atoms with Crippen molar-refractivity contribution in [2.75, 3.05) is 0 Å². The summed E-state index contributed by atoms with van der Waals surface area (Å²) in [6.07, 6.45) is -1.07. The van der Waals surface area contributed by atoms with Crippen molar-refractivity contribution >= 4 is 23.2 Å². The molecule has 0 aliphatic rings. The molecule has 0 heterocycles. The fourth-order valence-corrected chi connectivity index (χ4v) is 1.77. The van der Waals surface area contributed by atoms with Crippen molar-refractivity contribution in [3.8, 4) is 17.6 Å². The molecule has 3 nitrogen and oxygen atoms in total. The van der Waals surface area contributed by atoms with Gasteiger partial charge in [0.2, 0.25) is 0 Å². The molecule has 0 saturated carbocycles. The molecular formula is C14H9Cl2NO2. The van der Waals surface area contributed by atoms with E-state index >= 15 is 0 Å². The van der Waals surface area contributed by atoms with E-state index in [4.69, 9.17) is 37.9 Å². The van der Waals surface area contributed by atoms with Crippen LogP contribution in [-0.2, 0) is 0 Å². The Hall–Kier alpha value is -1.89. The molecule has 0 spiro atoms. The van der Waals surface area contributed by atoms with Gasteiger partial charge in [-0.2, -0.15) is 5.26 Å². The predicted molar refractivity (Wildman–Crippen MR) is 73.6 cm³/mol. The SMILES string of the molecule is N#CC(Oc1cccc(Cl)c1)Oc1cccc(Cl)c1. The quantitative estimate of drug-likeness (QED) is 0.789. The Morgan fingerprint density at radius 2 is 1.37 bits per heavy atom. The molecule has 0 aliphatic heterocycles. The van der Waals surface area contributed by atoms with Crippen molar-refractivity contribution < 1.29 is 9.47 Å². The van der Waals surface area contributed by atoms with Crippen molar-refractivity contribution in [2.24, 2.45) is 0 Å². The summed E-state index contributed by atoms with van der Waals surface area (Å²) in [6.45, 7) is 0. The maximum Gasteiger partial charge on any atom is 0.331 e. The van der Waals surface area contributed by atoms with Crippen LogP contribution >= 0.6 is 23.2 Å². The summed E-state index contributed by atoms with van der Waals surface area (Å²) >= 11 is 11.7. The lowest BCUT2D eigenvalue weighted by atomic mass is 10.3. The molecule has 19 heavy (non-hydrogen) atoms. The van der Waals surface area contributed by atoms with E-state index < -0.39 is 6.29 Å². The van der Waals surface area contributed by atoms with E-state index in [0.29, 0.717) is 21.5 Å². The molecule has 96 valence electrons. The molecule has 0 fully saturated rings. The number of nitriles is 1. The van der Waals surface area contributed by atoms with Gasteiger partial charge in [0.15, 0.2) is 6.07 Å². The summed E-state index contributed by atoms with van der Waals surface area (Å²) in [5.74, 6) is 0.919. The largest absolute Gasteiger partial charge is 0.443 e. The number of benzene rings is 2. The van der Waals surface area contributed by atoms with E-state index in [1.165, 1.54) is 0 Å². The second-order valence-corrected chi connectivity index (χ2v) is 4.48. The van der Waals surface area contributed by atoms with Gasteiger partial charge in [0.25, 0.3) is 0 Å². The lowest BCUT2D eigenvalue weighted by molar-refractivity contribution is 0.0538. The summed E-state index contributed by atoms with van der Waals surface area (Å²) in [7, 11) is 0. The van der Waals surface area contributed by atoms with Gasteiger partial charge in [0.05, 0.1) is 0 Å². The van der Waals surface area contributed by atoms with Crippen molar-refractivity contribution in [3.63, 3.8) is 0 Å². The highest BCUT2D eigenvalue weighted by Crippen LogP contribution is 2.21. The van der Waals surface area contributed by atoms with E-state index in [2.05, 4.69) is 0 Å². The van der Waals surface area contributed by atoms with Crippen LogP contribution in [0, 0.1) is 11.3 Å². The van der Waals surface area contributed by atoms with Crippen LogP contribution in [0.4, 0.5) is 0 Å². The highest BCUT2D eigenvalue weighted by atomic mass is 35.5. The lowest BCUT2D eigenvalue weighted by Gasteiger charge is -2.14. The zero-order valence-corrected chi connectivity index (χ0v) is 11.2. The molecule has 0 radical (unpaired) electrons. The fourth-order valence-electron chi connectivity index (χ4n) is 1.40. The van der Waals surface area contributed by atoms with Gasteiger partial charge < -0.3 is 9.47 Å². The van der Waals surface area contributed by atoms with Crippen LogP contribution in [0.3, 0.4) is 0 Å². The van der Waals surface area contributed by atoms with E-state index in [-0.39, 0.29) is 0 Å². The number of ether oxygens (including phenoxy) is 2. The number of hydrogen-bond donors (Lipinski definition) is 0. The van der Waals surface area contributed by atoms with Crippen LogP contribution in [0.15, 0.2) is 48.5 Å². The normalized spacial score (nSPS) is 10.0. The Balaban J connectivity index is 2.07. The second-order valence-electron chi connectivity index (χ2n) is 3.61. The number of rotatable bonds is 4. The second kappa shape index (κ2) is 6.33. The summed E-state index contributed by atoms with van der Waals surface area (Å²) in [5.41, 5.74) is 0. The van der Waals surface area contributed by atoms with Crippen molar-refractivity contribution in [3.05, 3.63) is 58.6 Å². The van der Waals surface area contributed by atoms with E-state index in [0.717, 1.165) is 0 Å². The minimum atomic E-state index is -1.07. The smallest absolute Gasteiger partial charge is 0.331 e. The molecule has 0 bridgehead atoms.